The van der Waals surface area contributed by atoms with Gasteiger partial charge < -0.3 is 10.2 Å². The molecule has 1 fully saturated rings. The SMILES string of the molecule is Cc1cc(C)c(C2(O)CC2)cc1C(=O)O. The van der Waals surface area contributed by atoms with Crippen LogP contribution < -0.4 is 0 Å². The van der Waals surface area contributed by atoms with Crippen molar-refractivity contribution in [3.05, 3.63) is 34.4 Å². The highest BCUT2D eigenvalue weighted by Crippen LogP contribution is 2.46. The molecule has 1 aromatic carbocycles. The van der Waals surface area contributed by atoms with E-state index in [1.165, 1.54) is 0 Å². The summed E-state index contributed by atoms with van der Waals surface area (Å²) in [7, 11) is 0. The van der Waals surface area contributed by atoms with Crippen LogP contribution in [0, 0.1) is 13.8 Å². The Morgan fingerprint density at radius 1 is 1.27 bits per heavy atom. The summed E-state index contributed by atoms with van der Waals surface area (Å²) >= 11 is 0. The summed E-state index contributed by atoms with van der Waals surface area (Å²) in [5.74, 6) is -0.932. The Balaban J connectivity index is 2.56. The smallest absolute Gasteiger partial charge is 0.335 e. The van der Waals surface area contributed by atoms with Crippen LogP contribution in [-0.4, -0.2) is 16.2 Å². The predicted molar refractivity (Wildman–Crippen MR) is 56.0 cm³/mol. The molecule has 0 heterocycles. The van der Waals surface area contributed by atoms with Crippen LogP contribution in [0.3, 0.4) is 0 Å². The summed E-state index contributed by atoms with van der Waals surface area (Å²) in [5.41, 5.74) is 2.01. The molecule has 0 aromatic heterocycles. The molecule has 0 saturated heterocycles. The number of carboxylic acids is 1. The van der Waals surface area contributed by atoms with E-state index < -0.39 is 11.6 Å². The third-order valence-electron chi connectivity index (χ3n) is 3.03. The van der Waals surface area contributed by atoms with Crippen LogP contribution in [0.25, 0.3) is 0 Å². The van der Waals surface area contributed by atoms with E-state index in [-0.39, 0.29) is 5.56 Å². The van der Waals surface area contributed by atoms with Gasteiger partial charge in [0.15, 0.2) is 0 Å². The third-order valence-corrected chi connectivity index (χ3v) is 3.03. The average Bonchev–Trinajstić information content (AvgIpc) is 2.83. The Bertz CT molecular complexity index is 431. The lowest BCUT2D eigenvalue weighted by Gasteiger charge is -2.14. The van der Waals surface area contributed by atoms with Crippen LogP contribution in [0.15, 0.2) is 12.1 Å². The van der Waals surface area contributed by atoms with Crippen molar-refractivity contribution in [1.82, 2.24) is 0 Å². The number of aromatic carboxylic acids is 1. The Morgan fingerprint density at radius 2 is 1.87 bits per heavy atom. The van der Waals surface area contributed by atoms with E-state index in [1.54, 1.807) is 13.0 Å². The van der Waals surface area contributed by atoms with Gasteiger partial charge >= 0.3 is 5.97 Å². The molecule has 1 aromatic rings. The van der Waals surface area contributed by atoms with Gasteiger partial charge in [-0.2, -0.15) is 0 Å². The zero-order chi connectivity index (χ0) is 11.2. The molecule has 0 aliphatic heterocycles. The van der Waals surface area contributed by atoms with E-state index in [1.807, 2.05) is 13.0 Å². The summed E-state index contributed by atoms with van der Waals surface area (Å²) < 4.78 is 0. The van der Waals surface area contributed by atoms with Crippen LogP contribution in [-0.2, 0) is 5.60 Å². The number of hydrogen-bond acceptors (Lipinski definition) is 2. The number of aryl methyl sites for hydroxylation is 2. The highest BCUT2D eigenvalue weighted by atomic mass is 16.4. The zero-order valence-electron chi connectivity index (χ0n) is 8.87. The molecule has 3 heteroatoms. The monoisotopic (exact) mass is 206 g/mol. The maximum absolute atomic E-state index is 11.0. The minimum atomic E-state index is -0.932. The highest BCUT2D eigenvalue weighted by Gasteiger charge is 2.43. The van der Waals surface area contributed by atoms with Gasteiger partial charge in [0.2, 0.25) is 0 Å². The number of hydrogen-bond donors (Lipinski definition) is 2. The highest BCUT2D eigenvalue weighted by molar-refractivity contribution is 5.89. The molecule has 2 N–H and O–H groups in total. The van der Waals surface area contributed by atoms with Crippen molar-refractivity contribution in [2.45, 2.75) is 32.3 Å². The summed E-state index contributed by atoms with van der Waals surface area (Å²) in [6.45, 7) is 3.68. The summed E-state index contributed by atoms with van der Waals surface area (Å²) in [4.78, 5) is 11.0. The van der Waals surface area contributed by atoms with Crippen molar-refractivity contribution in [3.63, 3.8) is 0 Å². The maximum atomic E-state index is 11.0. The standard InChI is InChI=1S/C12H14O3/c1-7-5-8(2)10(12(15)3-4-12)6-9(7)11(13)14/h5-6,15H,3-4H2,1-2H3,(H,13,14). The molecule has 3 nitrogen and oxygen atoms in total. The fourth-order valence-corrected chi connectivity index (χ4v) is 1.97. The number of carbonyl (C=O) groups is 1. The number of aliphatic hydroxyl groups is 1. The zero-order valence-corrected chi connectivity index (χ0v) is 8.87. The fraction of sp³-hybridized carbons (Fsp3) is 0.417. The lowest BCUT2D eigenvalue weighted by atomic mass is 9.95. The lowest BCUT2D eigenvalue weighted by molar-refractivity contribution is 0.0695. The van der Waals surface area contributed by atoms with E-state index in [0.717, 1.165) is 29.5 Å². The van der Waals surface area contributed by atoms with Gasteiger partial charge in [0.25, 0.3) is 0 Å². The number of carboxylic acid groups (broad SMARTS) is 1. The molecular formula is C12H14O3. The largest absolute Gasteiger partial charge is 0.478 e. The first kappa shape index (κ1) is 10.2. The molecule has 0 unspecified atom stereocenters. The minimum absolute atomic E-state index is 0.288. The molecular weight excluding hydrogens is 192 g/mol. The van der Waals surface area contributed by atoms with Crippen LogP contribution in [0.5, 0.6) is 0 Å². The fourth-order valence-electron chi connectivity index (χ4n) is 1.97. The van der Waals surface area contributed by atoms with Gasteiger partial charge in [-0.05, 0) is 49.4 Å². The van der Waals surface area contributed by atoms with Gasteiger partial charge in [-0.15, -0.1) is 0 Å². The van der Waals surface area contributed by atoms with Crippen LogP contribution in [0.4, 0.5) is 0 Å². The van der Waals surface area contributed by atoms with Gasteiger partial charge in [0.05, 0.1) is 11.2 Å². The lowest BCUT2D eigenvalue weighted by Crippen LogP contribution is -2.10. The topological polar surface area (TPSA) is 57.5 Å². The van der Waals surface area contributed by atoms with E-state index in [4.69, 9.17) is 5.11 Å². The summed E-state index contributed by atoms with van der Waals surface area (Å²) in [6.07, 6.45) is 1.46. The summed E-state index contributed by atoms with van der Waals surface area (Å²) in [5, 5.41) is 19.0. The molecule has 0 bridgehead atoms. The Morgan fingerprint density at radius 3 is 2.33 bits per heavy atom. The van der Waals surface area contributed by atoms with Crippen LogP contribution >= 0.6 is 0 Å². The summed E-state index contributed by atoms with van der Waals surface area (Å²) in [6, 6.07) is 3.44. The predicted octanol–water partition coefficient (Wildman–Crippen LogP) is 1.98. The first-order valence-corrected chi connectivity index (χ1v) is 5.01. The maximum Gasteiger partial charge on any atom is 0.335 e. The third kappa shape index (κ3) is 1.63. The van der Waals surface area contributed by atoms with Crippen LogP contribution in [0.2, 0.25) is 0 Å². The second-order valence-corrected chi connectivity index (χ2v) is 4.32. The molecule has 1 saturated carbocycles. The van der Waals surface area contributed by atoms with Crippen molar-refractivity contribution in [2.24, 2.45) is 0 Å². The number of benzene rings is 1. The van der Waals surface area contributed by atoms with Crippen molar-refractivity contribution in [1.29, 1.82) is 0 Å². The molecule has 2 rings (SSSR count). The Labute approximate surface area is 88.4 Å². The first-order valence-electron chi connectivity index (χ1n) is 5.01. The molecule has 0 atom stereocenters. The average molecular weight is 206 g/mol. The van der Waals surface area contributed by atoms with Crippen molar-refractivity contribution in [2.75, 3.05) is 0 Å². The number of rotatable bonds is 2. The first-order chi connectivity index (χ1) is 6.94. The van der Waals surface area contributed by atoms with Gasteiger partial charge in [-0.3, -0.25) is 0 Å². The normalized spacial score (nSPS) is 17.5. The van der Waals surface area contributed by atoms with Crippen molar-refractivity contribution in [3.8, 4) is 0 Å². The molecule has 0 radical (unpaired) electrons. The molecule has 15 heavy (non-hydrogen) atoms. The van der Waals surface area contributed by atoms with Crippen molar-refractivity contribution >= 4 is 5.97 Å². The second kappa shape index (κ2) is 3.07. The minimum Gasteiger partial charge on any atom is -0.478 e. The molecule has 1 aliphatic rings. The Hall–Kier alpha value is -1.35. The van der Waals surface area contributed by atoms with E-state index in [0.29, 0.717) is 0 Å². The van der Waals surface area contributed by atoms with E-state index in [9.17, 15) is 9.90 Å². The Kier molecular flexibility index (Phi) is 2.08. The van der Waals surface area contributed by atoms with Crippen molar-refractivity contribution < 1.29 is 15.0 Å². The van der Waals surface area contributed by atoms with E-state index >= 15 is 0 Å². The van der Waals surface area contributed by atoms with Crippen LogP contribution in [0.1, 0.15) is 39.9 Å². The quantitative estimate of drug-likeness (QED) is 0.777. The second-order valence-electron chi connectivity index (χ2n) is 4.32. The molecule has 80 valence electrons. The van der Waals surface area contributed by atoms with Gasteiger partial charge in [0.1, 0.15) is 0 Å². The molecule has 0 amide bonds. The van der Waals surface area contributed by atoms with E-state index in [2.05, 4.69) is 0 Å². The van der Waals surface area contributed by atoms with Gasteiger partial charge in [-0.25, -0.2) is 4.79 Å². The van der Waals surface area contributed by atoms with Gasteiger partial charge in [-0.1, -0.05) is 6.07 Å². The molecule has 0 spiro atoms. The van der Waals surface area contributed by atoms with Gasteiger partial charge in [0, 0.05) is 0 Å². The molecule has 1 aliphatic carbocycles.